The van der Waals surface area contributed by atoms with Crippen molar-refractivity contribution in [2.45, 2.75) is 19.8 Å². The summed E-state index contributed by atoms with van der Waals surface area (Å²) in [5.74, 6) is 1.61. The van der Waals surface area contributed by atoms with Gasteiger partial charge in [0, 0.05) is 20.0 Å². The number of anilines is 1. The summed E-state index contributed by atoms with van der Waals surface area (Å²) in [6, 6.07) is 2.07. The van der Waals surface area contributed by atoms with Crippen molar-refractivity contribution in [3.05, 3.63) is 11.9 Å². The van der Waals surface area contributed by atoms with Gasteiger partial charge in [0.15, 0.2) is 11.0 Å². The second kappa shape index (κ2) is 4.57. The SMILES string of the molecule is CC(C)c1noc(-c2cc3sc(N(C)C)nc3s2)n1. The van der Waals surface area contributed by atoms with E-state index in [0.717, 1.165) is 25.4 Å². The summed E-state index contributed by atoms with van der Waals surface area (Å²) >= 11 is 3.26. The van der Waals surface area contributed by atoms with Gasteiger partial charge in [0.2, 0.25) is 0 Å². The van der Waals surface area contributed by atoms with Crippen LogP contribution in [0.2, 0.25) is 0 Å². The topological polar surface area (TPSA) is 55.1 Å². The smallest absolute Gasteiger partial charge is 0.268 e. The van der Waals surface area contributed by atoms with Gasteiger partial charge in [0.05, 0.1) is 9.58 Å². The van der Waals surface area contributed by atoms with Crippen LogP contribution in [0.1, 0.15) is 25.6 Å². The fourth-order valence-electron chi connectivity index (χ4n) is 1.59. The Labute approximate surface area is 118 Å². The lowest BCUT2D eigenvalue weighted by Gasteiger charge is -2.04. The van der Waals surface area contributed by atoms with E-state index >= 15 is 0 Å². The number of hydrogen-bond acceptors (Lipinski definition) is 7. The van der Waals surface area contributed by atoms with Gasteiger partial charge < -0.3 is 9.42 Å². The quantitative estimate of drug-likeness (QED) is 0.738. The van der Waals surface area contributed by atoms with Crippen LogP contribution in [0.25, 0.3) is 20.3 Å². The molecule has 3 heterocycles. The van der Waals surface area contributed by atoms with Gasteiger partial charge in [0.25, 0.3) is 5.89 Å². The maximum Gasteiger partial charge on any atom is 0.268 e. The first-order valence-electron chi connectivity index (χ1n) is 5.96. The van der Waals surface area contributed by atoms with E-state index in [0.29, 0.717) is 5.89 Å². The number of thiophene rings is 1. The summed E-state index contributed by atoms with van der Waals surface area (Å²) in [5.41, 5.74) is 0. The average molecular weight is 294 g/mol. The molecule has 0 spiro atoms. The number of thiazole rings is 1. The minimum Gasteiger partial charge on any atom is -0.354 e. The monoisotopic (exact) mass is 294 g/mol. The van der Waals surface area contributed by atoms with E-state index in [4.69, 9.17) is 4.52 Å². The molecule has 0 radical (unpaired) electrons. The van der Waals surface area contributed by atoms with Gasteiger partial charge in [-0.1, -0.05) is 30.3 Å². The maximum absolute atomic E-state index is 5.30. The Morgan fingerprint density at radius 1 is 1.21 bits per heavy atom. The lowest BCUT2D eigenvalue weighted by atomic mass is 10.2. The van der Waals surface area contributed by atoms with Gasteiger partial charge in [-0.15, -0.1) is 11.3 Å². The van der Waals surface area contributed by atoms with Crippen molar-refractivity contribution in [1.29, 1.82) is 0 Å². The number of nitrogens with zero attached hydrogens (tertiary/aromatic N) is 4. The van der Waals surface area contributed by atoms with Crippen LogP contribution in [-0.2, 0) is 0 Å². The van der Waals surface area contributed by atoms with E-state index in [2.05, 4.69) is 21.2 Å². The van der Waals surface area contributed by atoms with Crippen molar-refractivity contribution >= 4 is 37.3 Å². The van der Waals surface area contributed by atoms with E-state index in [1.807, 2.05) is 32.8 Å². The Hall–Kier alpha value is -1.47. The summed E-state index contributed by atoms with van der Waals surface area (Å²) in [4.78, 5) is 13.0. The van der Waals surface area contributed by atoms with Crippen LogP contribution in [0.4, 0.5) is 5.13 Å². The molecule has 0 unspecified atom stereocenters. The minimum atomic E-state index is 0.275. The predicted molar refractivity (Wildman–Crippen MR) is 79.2 cm³/mol. The molecule has 100 valence electrons. The summed E-state index contributed by atoms with van der Waals surface area (Å²) in [6.07, 6.45) is 0. The zero-order valence-corrected chi connectivity index (χ0v) is 12.8. The number of aromatic nitrogens is 3. The van der Waals surface area contributed by atoms with Gasteiger partial charge in [-0.25, -0.2) is 4.98 Å². The van der Waals surface area contributed by atoms with E-state index in [1.165, 1.54) is 0 Å². The van der Waals surface area contributed by atoms with E-state index in [9.17, 15) is 0 Å². The summed E-state index contributed by atoms with van der Waals surface area (Å²) in [7, 11) is 3.99. The molecule has 0 bridgehead atoms. The summed E-state index contributed by atoms with van der Waals surface area (Å²) < 4.78 is 6.46. The molecule has 0 aliphatic rings. The van der Waals surface area contributed by atoms with Crippen LogP contribution in [0.3, 0.4) is 0 Å². The van der Waals surface area contributed by atoms with Gasteiger partial charge in [-0.2, -0.15) is 4.98 Å². The van der Waals surface area contributed by atoms with E-state index in [1.54, 1.807) is 22.7 Å². The lowest BCUT2D eigenvalue weighted by molar-refractivity contribution is 0.420. The standard InChI is InChI=1S/C12H14N4OS2/c1-6(2)9-13-10(17-15-9)7-5-8-11(18-7)14-12(19-8)16(3)4/h5-6H,1-4H3. The van der Waals surface area contributed by atoms with Gasteiger partial charge >= 0.3 is 0 Å². The summed E-state index contributed by atoms with van der Waals surface area (Å²) in [5, 5.41) is 5.00. The van der Waals surface area contributed by atoms with E-state index < -0.39 is 0 Å². The lowest BCUT2D eigenvalue weighted by Crippen LogP contribution is -2.07. The van der Waals surface area contributed by atoms with Crippen molar-refractivity contribution in [3.8, 4) is 10.8 Å². The normalized spacial score (nSPS) is 11.6. The van der Waals surface area contributed by atoms with Crippen molar-refractivity contribution in [2.24, 2.45) is 0 Å². The molecule has 0 aliphatic heterocycles. The molecule has 0 amide bonds. The van der Waals surface area contributed by atoms with E-state index in [-0.39, 0.29) is 5.92 Å². The predicted octanol–water partition coefficient (Wildman–Crippen LogP) is 3.60. The molecule has 0 aliphatic carbocycles. The molecule has 0 atom stereocenters. The molecule has 19 heavy (non-hydrogen) atoms. The molecule has 7 heteroatoms. The molecular formula is C12H14N4OS2. The van der Waals surface area contributed by atoms with Crippen molar-refractivity contribution in [2.75, 3.05) is 19.0 Å². The molecule has 5 nitrogen and oxygen atoms in total. The first-order valence-corrected chi connectivity index (χ1v) is 7.59. The highest BCUT2D eigenvalue weighted by atomic mass is 32.1. The Kier molecular flexibility index (Phi) is 3.02. The van der Waals surface area contributed by atoms with Crippen LogP contribution in [0.15, 0.2) is 10.6 Å². The highest BCUT2D eigenvalue weighted by Crippen LogP contribution is 2.38. The van der Waals surface area contributed by atoms with Gasteiger partial charge in [-0.3, -0.25) is 0 Å². The summed E-state index contributed by atoms with van der Waals surface area (Å²) in [6.45, 7) is 4.10. The average Bonchev–Trinajstić information content (AvgIpc) is 3.01. The third-order valence-electron chi connectivity index (χ3n) is 2.63. The van der Waals surface area contributed by atoms with Gasteiger partial charge in [-0.05, 0) is 6.07 Å². The fourth-order valence-corrected chi connectivity index (χ4v) is 3.65. The molecule has 0 saturated carbocycles. The zero-order chi connectivity index (χ0) is 13.6. The second-order valence-corrected chi connectivity index (χ2v) is 6.82. The third kappa shape index (κ3) is 2.23. The minimum absolute atomic E-state index is 0.275. The third-order valence-corrected chi connectivity index (χ3v) is 4.95. The van der Waals surface area contributed by atoms with Crippen molar-refractivity contribution in [3.63, 3.8) is 0 Å². The molecule has 0 fully saturated rings. The van der Waals surface area contributed by atoms with Crippen LogP contribution in [0, 0.1) is 0 Å². The highest BCUT2D eigenvalue weighted by molar-refractivity contribution is 7.30. The molecular weight excluding hydrogens is 280 g/mol. The number of fused-ring (bicyclic) bond motifs is 1. The highest BCUT2D eigenvalue weighted by Gasteiger charge is 2.16. The number of hydrogen-bond donors (Lipinski definition) is 0. The number of rotatable bonds is 3. The Morgan fingerprint density at radius 2 is 2.00 bits per heavy atom. The molecule has 0 saturated heterocycles. The van der Waals surface area contributed by atoms with Crippen LogP contribution in [0.5, 0.6) is 0 Å². The van der Waals surface area contributed by atoms with Crippen molar-refractivity contribution < 1.29 is 4.52 Å². The molecule has 3 aromatic rings. The largest absolute Gasteiger partial charge is 0.354 e. The van der Waals surface area contributed by atoms with Crippen LogP contribution >= 0.6 is 22.7 Å². The Balaban J connectivity index is 1.98. The fraction of sp³-hybridized carbons (Fsp3) is 0.417. The first-order chi connectivity index (χ1) is 9.04. The Morgan fingerprint density at radius 3 is 2.58 bits per heavy atom. The molecule has 3 aromatic heterocycles. The van der Waals surface area contributed by atoms with Crippen LogP contribution in [-0.4, -0.2) is 29.2 Å². The van der Waals surface area contributed by atoms with Gasteiger partial charge in [0.1, 0.15) is 4.83 Å². The zero-order valence-electron chi connectivity index (χ0n) is 11.2. The second-order valence-electron chi connectivity index (χ2n) is 4.78. The Bertz CT molecular complexity index is 679. The maximum atomic E-state index is 5.30. The van der Waals surface area contributed by atoms with Crippen LogP contribution < -0.4 is 4.90 Å². The molecule has 3 rings (SSSR count). The molecule has 0 N–H and O–H groups in total. The first kappa shape index (κ1) is 12.6. The van der Waals surface area contributed by atoms with Crippen molar-refractivity contribution in [1.82, 2.24) is 15.1 Å². The molecule has 0 aromatic carbocycles.